The maximum atomic E-state index is 11.4. The lowest BCUT2D eigenvalue weighted by Crippen LogP contribution is -2.51. The number of rotatable bonds is 3. The average Bonchev–Trinajstić information content (AvgIpc) is 2.32. The summed E-state index contributed by atoms with van der Waals surface area (Å²) in [6.45, 7) is 1.19. The van der Waals surface area contributed by atoms with Crippen molar-refractivity contribution in [3.05, 3.63) is 0 Å². The van der Waals surface area contributed by atoms with E-state index >= 15 is 0 Å². The van der Waals surface area contributed by atoms with Crippen LogP contribution in [0.3, 0.4) is 0 Å². The van der Waals surface area contributed by atoms with Crippen molar-refractivity contribution >= 4 is 10.0 Å². The molecule has 0 aromatic rings. The number of sulfonamides is 1. The Kier molecular flexibility index (Phi) is 4.64. The number of hydrogen-bond donors (Lipinski definition) is 2. The van der Waals surface area contributed by atoms with E-state index in [0.717, 1.165) is 32.1 Å². The molecule has 0 amide bonds. The van der Waals surface area contributed by atoms with Gasteiger partial charge in [0.2, 0.25) is 10.0 Å². The van der Waals surface area contributed by atoms with Crippen molar-refractivity contribution in [1.82, 2.24) is 9.62 Å². The van der Waals surface area contributed by atoms with Gasteiger partial charge in [-0.3, -0.25) is 0 Å². The van der Waals surface area contributed by atoms with Crippen LogP contribution in [-0.2, 0) is 10.0 Å². The molecule has 18 heavy (non-hydrogen) atoms. The summed E-state index contributed by atoms with van der Waals surface area (Å²) in [5, 5.41) is 13.4. The highest BCUT2D eigenvalue weighted by atomic mass is 32.2. The fraction of sp³-hybridized carbons (Fsp3) is 1.00. The van der Waals surface area contributed by atoms with Gasteiger partial charge in [-0.1, -0.05) is 12.8 Å². The molecule has 2 atom stereocenters. The smallest absolute Gasteiger partial charge is 0.211 e. The van der Waals surface area contributed by atoms with Crippen LogP contribution in [0.1, 0.15) is 38.5 Å². The van der Waals surface area contributed by atoms with Gasteiger partial charge in [0.1, 0.15) is 0 Å². The lowest BCUT2D eigenvalue weighted by Gasteiger charge is -2.36. The van der Waals surface area contributed by atoms with Crippen molar-refractivity contribution in [1.29, 1.82) is 0 Å². The van der Waals surface area contributed by atoms with Crippen molar-refractivity contribution < 1.29 is 13.5 Å². The Hall–Kier alpha value is -0.170. The van der Waals surface area contributed by atoms with E-state index < -0.39 is 10.0 Å². The molecule has 2 N–H and O–H groups in total. The molecule has 2 fully saturated rings. The van der Waals surface area contributed by atoms with Crippen LogP contribution in [0.25, 0.3) is 0 Å². The zero-order valence-corrected chi connectivity index (χ0v) is 11.8. The Bertz CT molecular complexity index is 364. The van der Waals surface area contributed by atoms with Crippen LogP contribution >= 0.6 is 0 Å². The number of aliphatic hydroxyl groups is 1. The summed E-state index contributed by atoms with van der Waals surface area (Å²) >= 11 is 0. The molecular weight excluding hydrogens is 252 g/mol. The molecule has 1 aliphatic heterocycles. The van der Waals surface area contributed by atoms with Gasteiger partial charge < -0.3 is 10.4 Å². The number of piperidine rings is 1. The summed E-state index contributed by atoms with van der Waals surface area (Å²) in [5.41, 5.74) is 0. The Balaban J connectivity index is 1.79. The second-order valence-corrected chi connectivity index (χ2v) is 7.54. The van der Waals surface area contributed by atoms with Crippen LogP contribution in [0.5, 0.6) is 0 Å². The molecule has 0 unspecified atom stereocenters. The molecule has 0 bridgehead atoms. The van der Waals surface area contributed by atoms with Crippen LogP contribution in [0.2, 0.25) is 0 Å². The molecule has 0 aromatic carbocycles. The van der Waals surface area contributed by atoms with E-state index in [2.05, 4.69) is 5.32 Å². The summed E-state index contributed by atoms with van der Waals surface area (Å²) in [7, 11) is -3.04. The zero-order valence-electron chi connectivity index (χ0n) is 11.0. The molecule has 1 saturated heterocycles. The Morgan fingerprint density at radius 1 is 1.11 bits per heavy atom. The Labute approximate surface area is 110 Å². The Morgan fingerprint density at radius 2 is 1.72 bits per heavy atom. The van der Waals surface area contributed by atoms with E-state index in [1.54, 1.807) is 4.31 Å². The molecule has 106 valence electrons. The Morgan fingerprint density at radius 3 is 2.28 bits per heavy atom. The normalized spacial score (nSPS) is 32.6. The third-order valence-corrected chi connectivity index (χ3v) is 5.41. The quantitative estimate of drug-likeness (QED) is 0.778. The van der Waals surface area contributed by atoms with Gasteiger partial charge >= 0.3 is 0 Å². The maximum Gasteiger partial charge on any atom is 0.211 e. The standard InChI is InChI=1S/C12H24N2O3S/c1-18(16,17)14-8-6-10(7-9-14)13-11-4-2-3-5-12(11)15/h10-13,15H,2-9H2,1H3/t11-,12-/m0/s1. The molecule has 0 spiro atoms. The number of hydrogen-bond acceptors (Lipinski definition) is 4. The molecule has 1 saturated carbocycles. The minimum atomic E-state index is -3.04. The summed E-state index contributed by atoms with van der Waals surface area (Å²) in [6, 6.07) is 0.550. The molecule has 0 aromatic heterocycles. The third kappa shape index (κ3) is 3.66. The topological polar surface area (TPSA) is 69.6 Å². The lowest BCUT2D eigenvalue weighted by atomic mass is 9.91. The monoisotopic (exact) mass is 276 g/mol. The van der Waals surface area contributed by atoms with Gasteiger partial charge in [-0.25, -0.2) is 12.7 Å². The van der Waals surface area contributed by atoms with Crippen LogP contribution in [0.4, 0.5) is 0 Å². The lowest BCUT2D eigenvalue weighted by molar-refractivity contribution is 0.0801. The molecule has 2 aliphatic rings. The van der Waals surface area contributed by atoms with Crippen molar-refractivity contribution in [2.45, 2.75) is 56.7 Å². The van der Waals surface area contributed by atoms with Crippen LogP contribution in [-0.4, -0.2) is 55.4 Å². The van der Waals surface area contributed by atoms with Gasteiger partial charge in [0.15, 0.2) is 0 Å². The van der Waals surface area contributed by atoms with E-state index in [1.807, 2.05) is 0 Å². The first-order valence-electron chi connectivity index (χ1n) is 6.86. The first-order chi connectivity index (χ1) is 8.47. The van der Waals surface area contributed by atoms with Crippen LogP contribution in [0, 0.1) is 0 Å². The number of nitrogens with one attached hydrogen (secondary N) is 1. The minimum absolute atomic E-state index is 0.202. The van der Waals surface area contributed by atoms with Crippen molar-refractivity contribution in [2.75, 3.05) is 19.3 Å². The molecule has 5 nitrogen and oxygen atoms in total. The van der Waals surface area contributed by atoms with E-state index in [1.165, 1.54) is 12.7 Å². The molecule has 1 heterocycles. The highest BCUT2D eigenvalue weighted by Crippen LogP contribution is 2.21. The van der Waals surface area contributed by atoms with Crippen molar-refractivity contribution in [2.24, 2.45) is 0 Å². The predicted octanol–water partition coefficient (Wildman–Crippen LogP) is 0.304. The first-order valence-corrected chi connectivity index (χ1v) is 8.71. The fourth-order valence-electron chi connectivity index (χ4n) is 2.96. The molecule has 1 aliphatic carbocycles. The second kappa shape index (κ2) is 5.86. The van der Waals surface area contributed by atoms with Gasteiger partial charge in [-0.05, 0) is 25.7 Å². The molecule has 6 heteroatoms. The summed E-state index contributed by atoms with van der Waals surface area (Å²) in [6.07, 6.45) is 6.94. The highest BCUT2D eigenvalue weighted by molar-refractivity contribution is 7.88. The van der Waals surface area contributed by atoms with E-state index in [9.17, 15) is 13.5 Å². The van der Waals surface area contributed by atoms with Gasteiger partial charge in [-0.15, -0.1) is 0 Å². The summed E-state index contributed by atoms with van der Waals surface area (Å²) in [4.78, 5) is 0. The number of aliphatic hydroxyl groups excluding tert-OH is 1. The van der Waals surface area contributed by atoms with E-state index in [4.69, 9.17) is 0 Å². The first kappa shape index (κ1) is 14.2. The minimum Gasteiger partial charge on any atom is -0.392 e. The molecular formula is C12H24N2O3S. The van der Waals surface area contributed by atoms with Crippen molar-refractivity contribution in [3.8, 4) is 0 Å². The van der Waals surface area contributed by atoms with Crippen molar-refractivity contribution in [3.63, 3.8) is 0 Å². The SMILES string of the molecule is CS(=O)(=O)N1CCC(N[C@H]2CCCC[C@@H]2O)CC1. The van der Waals surface area contributed by atoms with Crippen LogP contribution < -0.4 is 5.32 Å². The fourth-order valence-corrected chi connectivity index (χ4v) is 3.84. The largest absolute Gasteiger partial charge is 0.392 e. The van der Waals surface area contributed by atoms with Gasteiger partial charge in [0.05, 0.1) is 12.4 Å². The predicted molar refractivity (Wildman–Crippen MR) is 70.8 cm³/mol. The van der Waals surface area contributed by atoms with Gasteiger partial charge in [0, 0.05) is 25.2 Å². The summed E-state index contributed by atoms with van der Waals surface area (Å²) in [5.74, 6) is 0. The average molecular weight is 276 g/mol. The molecule has 0 radical (unpaired) electrons. The van der Waals surface area contributed by atoms with Crippen LogP contribution in [0.15, 0.2) is 0 Å². The molecule has 2 rings (SSSR count). The number of nitrogens with zero attached hydrogens (tertiary/aromatic N) is 1. The highest BCUT2D eigenvalue weighted by Gasteiger charge is 2.29. The van der Waals surface area contributed by atoms with Gasteiger partial charge in [-0.2, -0.15) is 0 Å². The zero-order chi connectivity index (χ0) is 13.2. The summed E-state index contributed by atoms with van der Waals surface area (Å²) < 4.78 is 24.3. The maximum absolute atomic E-state index is 11.4. The second-order valence-electron chi connectivity index (χ2n) is 5.56. The third-order valence-electron chi connectivity index (χ3n) is 4.10. The van der Waals surface area contributed by atoms with E-state index in [0.29, 0.717) is 19.1 Å². The van der Waals surface area contributed by atoms with Gasteiger partial charge in [0.25, 0.3) is 0 Å². The van der Waals surface area contributed by atoms with E-state index in [-0.39, 0.29) is 12.1 Å².